The molecule has 0 aromatic heterocycles. The summed E-state index contributed by atoms with van der Waals surface area (Å²) in [4.78, 5) is 2.56. The minimum atomic E-state index is -0.229. The molecular weight excluding hydrogens is 460 g/mol. The molecule has 0 bridgehead atoms. The third kappa shape index (κ3) is 5.57. The first-order valence-electron chi connectivity index (χ1n) is 13.5. The minimum Gasteiger partial charge on any atom is -0.492 e. The van der Waals surface area contributed by atoms with Gasteiger partial charge in [-0.25, -0.2) is 0 Å². The molecule has 0 aliphatic carbocycles. The Bertz CT molecular complexity index is 1230. The number of benzene rings is 3. The van der Waals surface area contributed by atoms with Gasteiger partial charge in [-0.05, 0) is 106 Å². The second-order valence-corrected chi connectivity index (χ2v) is 11.0. The standard InChI is InChI=1S/C32H40N2O3/c1-22-23(2)31-29(24(3)30(22)36-19-25-9-6-5-7-10-25)16-17-32(4,37-31)21-34-18-8-11-27(34)20-35-28-14-12-26(33)13-15-28/h5-7,9-10,12-15,27H,8,11,16-21,33H2,1-4H3. The lowest BCUT2D eigenvalue weighted by atomic mass is 9.86. The van der Waals surface area contributed by atoms with Crippen LogP contribution in [0, 0.1) is 20.8 Å². The Hall–Kier alpha value is -3.18. The van der Waals surface area contributed by atoms with E-state index in [2.05, 4.69) is 56.9 Å². The first kappa shape index (κ1) is 25.5. The highest BCUT2D eigenvalue weighted by Crippen LogP contribution is 2.44. The Morgan fingerprint density at radius 2 is 1.73 bits per heavy atom. The van der Waals surface area contributed by atoms with Crippen molar-refractivity contribution in [1.82, 2.24) is 4.90 Å². The maximum atomic E-state index is 6.86. The summed E-state index contributed by atoms with van der Waals surface area (Å²) < 4.78 is 19.3. The fourth-order valence-corrected chi connectivity index (χ4v) is 5.82. The molecule has 5 nitrogen and oxygen atoms in total. The fourth-order valence-electron chi connectivity index (χ4n) is 5.82. The van der Waals surface area contributed by atoms with Crippen LogP contribution in [0.2, 0.25) is 0 Å². The van der Waals surface area contributed by atoms with Gasteiger partial charge in [-0.15, -0.1) is 0 Å². The van der Waals surface area contributed by atoms with Crippen LogP contribution in [0.3, 0.4) is 0 Å². The van der Waals surface area contributed by atoms with E-state index in [1.54, 1.807) is 0 Å². The lowest BCUT2D eigenvalue weighted by molar-refractivity contribution is 0.0146. The molecule has 1 fully saturated rings. The summed E-state index contributed by atoms with van der Waals surface area (Å²) in [6.45, 7) is 12.1. The van der Waals surface area contributed by atoms with E-state index < -0.39 is 0 Å². The van der Waals surface area contributed by atoms with Gasteiger partial charge in [0.05, 0.1) is 0 Å². The van der Waals surface area contributed by atoms with Gasteiger partial charge in [0.15, 0.2) is 0 Å². The molecule has 2 atom stereocenters. The first-order chi connectivity index (χ1) is 17.8. The number of hydrogen-bond donors (Lipinski definition) is 1. The Balaban J connectivity index is 1.27. The van der Waals surface area contributed by atoms with Crippen molar-refractivity contribution in [3.8, 4) is 17.2 Å². The van der Waals surface area contributed by atoms with E-state index in [9.17, 15) is 0 Å². The molecule has 2 N–H and O–H groups in total. The molecule has 37 heavy (non-hydrogen) atoms. The van der Waals surface area contributed by atoms with Gasteiger partial charge in [0.25, 0.3) is 0 Å². The van der Waals surface area contributed by atoms with Crippen molar-refractivity contribution >= 4 is 5.69 Å². The molecule has 5 rings (SSSR count). The monoisotopic (exact) mass is 500 g/mol. The van der Waals surface area contributed by atoms with Gasteiger partial charge in [0, 0.05) is 23.8 Å². The third-order valence-corrected chi connectivity index (χ3v) is 8.15. The van der Waals surface area contributed by atoms with Crippen molar-refractivity contribution in [2.45, 2.75) is 71.6 Å². The zero-order valence-electron chi connectivity index (χ0n) is 22.7. The number of rotatable bonds is 8. The summed E-state index contributed by atoms with van der Waals surface area (Å²) in [5.74, 6) is 2.94. The molecule has 2 heterocycles. The van der Waals surface area contributed by atoms with Gasteiger partial charge < -0.3 is 19.9 Å². The van der Waals surface area contributed by atoms with Crippen molar-refractivity contribution in [2.75, 3.05) is 25.4 Å². The molecule has 2 aliphatic heterocycles. The van der Waals surface area contributed by atoms with E-state index >= 15 is 0 Å². The normalized spacial score (nSPS) is 21.4. The smallest absolute Gasteiger partial charge is 0.127 e. The van der Waals surface area contributed by atoms with Crippen molar-refractivity contribution in [3.63, 3.8) is 0 Å². The molecule has 0 spiro atoms. The van der Waals surface area contributed by atoms with E-state index in [-0.39, 0.29) is 5.60 Å². The van der Waals surface area contributed by atoms with Gasteiger partial charge >= 0.3 is 0 Å². The second kappa shape index (κ2) is 10.7. The molecule has 196 valence electrons. The molecule has 5 heteroatoms. The van der Waals surface area contributed by atoms with E-state index in [0.717, 1.165) is 55.3 Å². The Morgan fingerprint density at radius 3 is 2.49 bits per heavy atom. The maximum absolute atomic E-state index is 6.86. The van der Waals surface area contributed by atoms with E-state index in [4.69, 9.17) is 19.9 Å². The molecule has 0 saturated carbocycles. The number of fused-ring (bicyclic) bond motifs is 1. The summed E-state index contributed by atoms with van der Waals surface area (Å²) in [5.41, 5.74) is 12.4. The first-order valence-corrected chi connectivity index (χ1v) is 13.5. The number of nitrogen functional groups attached to an aromatic ring is 1. The highest BCUT2D eigenvalue weighted by atomic mass is 16.5. The van der Waals surface area contributed by atoms with Crippen LogP contribution in [0.5, 0.6) is 17.2 Å². The van der Waals surface area contributed by atoms with Crippen LogP contribution < -0.4 is 19.9 Å². The van der Waals surface area contributed by atoms with Crippen molar-refractivity contribution in [2.24, 2.45) is 0 Å². The number of nitrogens with two attached hydrogens (primary N) is 1. The van der Waals surface area contributed by atoms with Crippen LogP contribution in [-0.4, -0.2) is 36.2 Å². The molecule has 2 unspecified atom stereocenters. The van der Waals surface area contributed by atoms with Gasteiger partial charge in [0.2, 0.25) is 0 Å². The van der Waals surface area contributed by atoms with Crippen LogP contribution in [0.4, 0.5) is 5.69 Å². The lowest BCUT2D eigenvalue weighted by Crippen LogP contribution is -2.50. The van der Waals surface area contributed by atoms with Crippen molar-refractivity contribution < 1.29 is 14.2 Å². The maximum Gasteiger partial charge on any atom is 0.127 e. The highest BCUT2D eigenvalue weighted by Gasteiger charge is 2.39. The topological polar surface area (TPSA) is 57.0 Å². The zero-order chi connectivity index (χ0) is 26.0. The lowest BCUT2D eigenvalue weighted by Gasteiger charge is -2.41. The van der Waals surface area contributed by atoms with Crippen molar-refractivity contribution in [1.29, 1.82) is 0 Å². The summed E-state index contributed by atoms with van der Waals surface area (Å²) in [6, 6.07) is 18.4. The van der Waals surface area contributed by atoms with Gasteiger partial charge in [-0.1, -0.05) is 30.3 Å². The Labute approximate surface area is 221 Å². The van der Waals surface area contributed by atoms with Gasteiger partial charge in [-0.3, -0.25) is 4.90 Å². The molecule has 0 radical (unpaired) electrons. The van der Waals surface area contributed by atoms with Crippen molar-refractivity contribution in [3.05, 3.63) is 82.4 Å². The summed E-state index contributed by atoms with van der Waals surface area (Å²) in [7, 11) is 0. The quantitative estimate of drug-likeness (QED) is 0.363. The Morgan fingerprint density at radius 1 is 0.973 bits per heavy atom. The predicted octanol–water partition coefficient (Wildman–Crippen LogP) is 6.40. The number of ether oxygens (including phenoxy) is 3. The largest absolute Gasteiger partial charge is 0.492 e. The SMILES string of the molecule is Cc1c(C)c2c(c(C)c1OCc1ccccc1)CCC(C)(CN1CCCC1COc1ccc(N)cc1)O2. The number of hydrogen-bond acceptors (Lipinski definition) is 5. The van der Waals surface area contributed by atoms with Crippen LogP contribution >= 0.6 is 0 Å². The molecule has 3 aromatic rings. The number of anilines is 1. The van der Waals surface area contributed by atoms with Crippen LogP contribution in [0.1, 0.15) is 54.0 Å². The summed E-state index contributed by atoms with van der Waals surface area (Å²) in [5, 5.41) is 0. The predicted molar refractivity (Wildman–Crippen MR) is 150 cm³/mol. The average Bonchev–Trinajstić information content (AvgIpc) is 3.33. The summed E-state index contributed by atoms with van der Waals surface area (Å²) in [6.07, 6.45) is 4.34. The second-order valence-electron chi connectivity index (χ2n) is 11.0. The number of nitrogens with zero attached hydrogens (tertiary/aromatic N) is 1. The fraction of sp³-hybridized carbons (Fsp3) is 0.438. The molecule has 3 aromatic carbocycles. The van der Waals surface area contributed by atoms with E-state index in [0.29, 0.717) is 19.3 Å². The van der Waals surface area contributed by atoms with Crippen LogP contribution in [0.15, 0.2) is 54.6 Å². The van der Waals surface area contributed by atoms with Crippen LogP contribution in [0.25, 0.3) is 0 Å². The summed E-state index contributed by atoms with van der Waals surface area (Å²) >= 11 is 0. The molecular formula is C32H40N2O3. The third-order valence-electron chi connectivity index (χ3n) is 8.15. The van der Waals surface area contributed by atoms with Crippen LogP contribution in [-0.2, 0) is 13.0 Å². The molecule has 1 saturated heterocycles. The van der Waals surface area contributed by atoms with E-state index in [1.807, 2.05) is 30.3 Å². The number of likely N-dealkylation sites (tertiary alicyclic amines) is 1. The molecule has 0 amide bonds. The van der Waals surface area contributed by atoms with E-state index in [1.165, 1.54) is 34.2 Å². The van der Waals surface area contributed by atoms with Gasteiger partial charge in [-0.2, -0.15) is 0 Å². The van der Waals surface area contributed by atoms with Gasteiger partial charge in [0.1, 0.15) is 36.1 Å². The average molecular weight is 501 g/mol. The molecule has 2 aliphatic rings. The minimum absolute atomic E-state index is 0.229. The Kier molecular flexibility index (Phi) is 7.34. The highest BCUT2D eigenvalue weighted by molar-refractivity contribution is 5.59. The zero-order valence-corrected chi connectivity index (χ0v) is 22.7.